The molecule has 7 nitrogen and oxygen atoms in total. The van der Waals surface area contributed by atoms with Gasteiger partial charge in [-0.15, -0.1) is 0 Å². The van der Waals surface area contributed by atoms with Crippen molar-refractivity contribution in [3.05, 3.63) is 0 Å². The molecule has 0 aromatic rings. The van der Waals surface area contributed by atoms with Crippen LogP contribution < -0.4 is 0 Å². The van der Waals surface area contributed by atoms with E-state index in [4.69, 9.17) is 14.9 Å². The summed E-state index contributed by atoms with van der Waals surface area (Å²) in [5, 5.41) is 27.1. The molecule has 0 aliphatic carbocycles. The van der Waals surface area contributed by atoms with Crippen LogP contribution >= 0.6 is 0 Å². The Morgan fingerprint density at radius 3 is 1.41 bits per heavy atom. The topological polar surface area (TPSA) is 121 Å². The minimum absolute atomic E-state index is 0.0449. The van der Waals surface area contributed by atoms with Crippen molar-refractivity contribution < 1.29 is 34.4 Å². The molecule has 0 heterocycles. The summed E-state index contributed by atoms with van der Waals surface area (Å²) in [4.78, 5) is 33.3. The Labute approximate surface area is 174 Å². The van der Waals surface area contributed by atoms with Crippen molar-refractivity contribution in [2.45, 2.75) is 109 Å². The highest BCUT2D eigenvalue weighted by Crippen LogP contribution is 2.23. The van der Waals surface area contributed by atoms with Crippen molar-refractivity contribution in [2.24, 2.45) is 5.92 Å². The quantitative estimate of drug-likeness (QED) is 0.236. The highest BCUT2D eigenvalue weighted by molar-refractivity contribution is 5.88. The van der Waals surface area contributed by atoms with Crippen molar-refractivity contribution in [1.82, 2.24) is 0 Å². The van der Waals surface area contributed by atoms with Gasteiger partial charge < -0.3 is 20.1 Å². The third-order valence-electron chi connectivity index (χ3n) is 5.07. The molecule has 0 radical (unpaired) electrons. The summed E-state index contributed by atoms with van der Waals surface area (Å²) in [6.45, 7) is 4.57. The largest absolute Gasteiger partial charge is 0.481 e. The van der Waals surface area contributed by atoms with Crippen LogP contribution in [0.5, 0.6) is 0 Å². The first-order valence-corrected chi connectivity index (χ1v) is 11.0. The van der Waals surface area contributed by atoms with Gasteiger partial charge in [-0.1, -0.05) is 84.5 Å². The second kappa shape index (κ2) is 16.2. The lowest BCUT2D eigenvalue weighted by Crippen LogP contribution is -2.45. The Kier molecular flexibility index (Phi) is 15.3. The molecule has 0 aliphatic rings. The standard InChI is InChI=1S/C22H40O7/c1-18(2)14-12-10-8-6-4-3-5-7-9-11-13-15-29-22(21(27)28,16-19(23)24)17-20(25)26/h18H,3-17H2,1-2H3,(H,23,24)(H,25,26)(H,27,28). The number of carboxylic acid groups (broad SMARTS) is 3. The van der Waals surface area contributed by atoms with Gasteiger partial charge in [-0.05, 0) is 12.3 Å². The van der Waals surface area contributed by atoms with Crippen molar-refractivity contribution in [3.63, 3.8) is 0 Å². The summed E-state index contributed by atoms with van der Waals surface area (Å²) in [6, 6.07) is 0. The Morgan fingerprint density at radius 2 is 1.07 bits per heavy atom. The maximum atomic E-state index is 11.4. The number of hydrogen-bond acceptors (Lipinski definition) is 4. The highest BCUT2D eigenvalue weighted by atomic mass is 16.5. The van der Waals surface area contributed by atoms with Gasteiger partial charge in [0, 0.05) is 6.61 Å². The number of ether oxygens (including phenoxy) is 1. The van der Waals surface area contributed by atoms with Crippen LogP contribution in [0.15, 0.2) is 0 Å². The maximum Gasteiger partial charge on any atom is 0.337 e. The molecule has 170 valence electrons. The summed E-state index contributed by atoms with van der Waals surface area (Å²) in [5.41, 5.74) is -2.20. The molecule has 29 heavy (non-hydrogen) atoms. The predicted molar refractivity (Wildman–Crippen MR) is 111 cm³/mol. The van der Waals surface area contributed by atoms with Crippen LogP contribution in [0.3, 0.4) is 0 Å². The normalized spacial score (nSPS) is 11.7. The first-order chi connectivity index (χ1) is 13.7. The van der Waals surface area contributed by atoms with E-state index in [9.17, 15) is 19.5 Å². The predicted octanol–water partition coefficient (Wildman–Crippen LogP) is 5.11. The van der Waals surface area contributed by atoms with E-state index in [2.05, 4.69) is 13.8 Å². The Morgan fingerprint density at radius 1 is 0.690 bits per heavy atom. The third kappa shape index (κ3) is 14.9. The SMILES string of the molecule is CC(C)CCCCCCCCCCCCCOC(CC(=O)O)(CC(=O)O)C(=O)O. The van der Waals surface area contributed by atoms with Gasteiger partial charge in [-0.25, -0.2) is 4.79 Å². The van der Waals surface area contributed by atoms with Gasteiger partial charge in [0.2, 0.25) is 0 Å². The van der Waals surface area contributed by atoms with Gasteiger partial charge in [-0.2, -0.15) is 0 Å². The molecule has 0 amide bonds. The smallest absolute Gasteiger partial charge is 0.337 e. The van der Waals surface area contributed by atoms with E-state index < -0.39 is 36.4 Å². The fourth-order valence-corrected chi connectivity index (χ4v) is 3.38. The van der Waals surface area contributed by atoms with Crippen LogP contribution in [0, 0.1) is 5.92 Å². The fourth-order valence-electron chi connectivity index (χ4n) is 3.38. The molecule has 0 atom stereocenters. The number of unbranched alkanes of at least 4 members (excludes halogenated alkanes) is 10. The number of aliphatic carboxylic acids is 3. The fraction of sp³-hybridized carbons (Fsp3) is 0.864. The molecule has 0 saturated heterocycles. The van der Waals surface area contributed by atoms with Crippen molar-refractivity contribution >= 4 is 17.9 Å². The summed E-state index contributed by atoms with van der Waals surface area (Å²) in [5.74, 6) is -3.54. The first kappa shape index (κ1) is 27.4. The summed E-state index contributed by atoms with van der Waals surface area (Å²) in [7, 11) is 0. The first-order valence-electron chi connectivity index (χ1n) is 11.0. The summed E-state index contributed by atoms with van der Waals surface area (Å²) in [6.07, 6.45) is 12.1. The summed E-state index contributed by atoms with van der Waals surface area (Å²) >= 11 is 0. The second-order valence-electron chi connectivity index (χ2n) is 8.36. The van der Waals surface area contributed by atoms with E-state index in [1.807, 2.05) is 0 Å². The van der Waals surface area contributed by atoms with Crippen molar-refractivity contribution in [1.29, 1.82) is 0 Å². The number of carboxylic acids is 3. The molecule has 0 bridgehead atoms. The van der Waals surface area contributed by atoms with Gasteiger partial charge in [-0.3, -0.25) is 9.59 Å². The van der Waals surface area contributed by atoms with E-state index in [1.54, 1.807) is 0 Å². The number of rotatable bonds is 20. The van der Waals surface area contributed by atoms with Crippen LogP contribution in [-0.2, 0) is 19.1 Å². The Balaban J connectivity index is 3.81. The monoisotopic (exact) mass is 416 g/mol. The number of hydrogen-bond donors (Lipinski definition) is 3. The molecular weight excluding hydrogens is 376 g/mol. The lowest BCUT2D eigenvalue weighted by Gasteiger charge is -2.26. The Bertz CT molecular complexity index is 458. The van der Waals surface area contributed by atoms with E-state index in [1.165, 1.54) is 51.4 Å². The maximum absolute atomic E-state index is 11.4. The molecule has 0 aromatic heterocycles. The van der Waals surface area contributed by atoms with E-state index in [0.717, 1.165) is 25.2 Å². The van der Waals surface area contributed by atoms with Crippen LogP contribution in [0.4, 0.5) is 0 Å². The molecule has 0 aliphatic heterocycles. The summed E-state index contributed by atoms with van der Waals surface area (Å²) < 4.78 is 5.26. The molecular formula is C22H40O7. The van der Waals surface area contributed by atoms with Gasteiger partial charge >= 0.3 is 17.9 Å². The van der Waals surface area contributed by atoms with Crippen LogP contribution in [-0.4, -0.2) is 45.4 Å². The van der Waals surface area contributed by atoms with Gasteiger partial charge in [0.15, 0.2) is 5.60 Å². The second-order valence-corrected chi connectivity index (χ2v) is 8.36. The molecule has 0 aromatic carbocycles. The molecule has 0 rings (SSSR count). The van der Waals surface area contributed by atoms with E-state index >= 15 is 0 Å². The van der Waals surface area contributed by atoms with E-state index in [-0.39, 0.29) is 6.61 Å². The lowest BCUT2D eigenvalue weighted by atomic mass is 9.95. The number of carbonyl (C=O) groups is 3. The third-order valence-corrected chi connectivity index (χ3v) is 5.07. The molecule has 0 unspecified atom stereocenters. The van der Waals surface area contributed by atoms with Crippen molar-refractivity contribution in [3.8, 4) is 0 Å². The molecule has 3 N–H and O–H groups in total. The highest BCUT2D eigenvalue weighted by Gasteiger charge is 2.44. The average Bonchev–Trinajstić information content (AvgIpc) is 2.60. The van der Waals surface area contributed by atoms with Crippen LogP contribution in [0.2, 0.25) is 0 Å². The molecule has 0 saturated carbocycles. The zero-order valence-electron chi connectivity index (χ0n) is 18.2. The molecule has 0 spiro atoms. The average molecular weight is 417 g/mol. The molecule has 7 heteroatoms. The van der Waals surface area contributed by atoms with Gasteiger partial charge in [0.25, 0.3) is 0 Å². The van der Waals surface area contributed by atoms with Gasteiger partial charge in [0.05, 0.1) is 12.8 Å². The Hall–Kier alpha value is -1.63. The molecule has 0 fully saturated rings. The zero-order valence-corrected chi connectivity index (χ0v) is 18.2. The van der Waals surface area contributed by atoms with Crippen LogP contribution in [0.1, 0.15) is 104 Å². The van der Waals surface area contributed by atoms with E-state index in [0.29, 0.717) is 6.42 Å². The minimum Gasteiger partial charge on any atom is -0.481 e. The van der Waals surface area contributed by atoms with Crippen molar-refractivity contribution in [2.75, 3.05) is 6.61 Å². The zero-order chi connectivity index (χ0) is 22.1. The van der Waals surface area contributed by atoms with Crippen LogP contribution in [0.25, 0.3) is 0 Å². The van der Waals surface area contributed by atoms with Gasteiger partial charge in [0.1, 0.15) is 0 Å². The lowest BCUT2D eigenvalue weighted by molar-refractivity contribution is -0.178. The minimum atomic E-state index is -2.20.